The Balaban J connectivity index is 2.48. The number of nitrogens with one attached hydrogen (secondary N) is 1. The number of nitrogens with zero attached hydrogens (tertiary/aromatic N) is 2. The van der Waals surface area contributed by atoms with Gasteiger partial charge >= 0.3 is 6.03 Å². The molecule has 1 unspecified atom stereocenters. The van der Waals surface area contributed by atoms with E-state index >= 15 is 0 Å². The van der Waals surface area contributed by atoms with E-state index in [-0.39, 0.29) is 6.03 Å². The Morgan fingerprint density at radius 1 is 1.32 bits per heavy atom. The lowest BCUT2D eigenvalue weighted by Gasteiger charge is -2.32. The van der Waals surface area contributed by atoms with E-state index in [1.807, 2.05) is 13.8 Å². The largest absolute Gasteiger partial charge is 0.326 e. The number of carbonyl (C=O) groups excluding carboxylic acids is 1. The van der Waals surface area contributed by atoms with Crippen molar-refractivity contribution in [1.82, 2.24) is 10.4 Å². The minimum atomic E-state index is -0.581. The summed E-state index contributed by atoms with van der Waals surface area (Å²) < 4.78 is 0. The van der Waals surface area contributed by atoms with Crippen LogP contribution in [0.2, 0.25) is 10.0 Å². The third-order valence-electron chi connectivity index (χ3n) is 3.59. The molecule has 1 aromatic rings. The van der Waals surface area contributed by atoms with Crippen molar-refractivity contribution in [2.24, 2.45) is 0 Å². The summed E-state index contributed by atoms with van der Waals surface area (Å²) in [4.78, 5) is 15.3. The second kappa shape index (κ2) is 4.83. The number of halogens is 2. The number of urea groups is 1. The van der Waals surface area contributed by atoms with Crippen LogP contribution in [-0.2, 0) is 0 Å². The van der Waals surface area contributed by atoms with Gasteiger partial charge in [0.2, 0.25) is 0 Å². The number of hydrogen-bond donors (Lipinski definition) is 2. The molecule has 1 aromatic carbocycles. The van der Waals surface area contributed by atoms with Gasteiger partial charge in [-0.25, -0.2) is 4.79 Å². The molecule has 104 valence electrons. The van der Waals surface area contributed by atoms with Gasteiger partial charge < -0.3 is 10.1 Å². The maximum atomic E-state index is 12.3. The van der Waals surface area contributed by atoms with E-state index in [0.717, 1.165) is 0 Å². The highest BCUT2D eigenvalue weighted by Gasteiger charge is 2.50. The lowest BCUT2D eigenvalue weighted by Crippen LogP contribution is -2.53. The van der Waals surface area contributed by atoms with Crippen molar-refractivity contribution in [3.8, 4) is 0 Å². The minimum Gasteiger partial charge on any atom is -0.319 e. The zero-order chi connectivity index (χ0) is 14.4. The van der Waals surface area contributed by atoms with Gasteiger partial charge in [-0.05, 0) is 32.0 Å². The Morgan fingerprint density at radius 3 is 2.47 bits per heavy atom. The van der Waals surface area contributed by atoms with Gasteiger partial charge in [-0.3, -0.25) is 4.90 Å². The lowest BCUT2D eigenvalue weighted by atomic mass is 10.0. The fourth-order valence-corrected chi connectivity index (χ4v) is 2.42. The van der Waals surface area contributed by atoms with Gasteiger partial charge in [0.15, 0.2) is 0 Å². The molecule has 0 saturated carbocycles. The smallest absolute Gasteiger partial charge is 0.319 e. The fourth-order valence-electron chi connectivity index (χ4n) is 2.13. The van der Waals surface area contributed by atoms with Crippen LogP contribution in [0.25, 0.3) is 0 Å². The quantitative estimate of drug-likeness (QED) is 0.826. The molecule has 1 aliphatic heterocycles. The normalized spacial score (nSPS) is 22.2. The van der Waals surface area contributed by atoms with Gasteiger partial charge in [0.05, 0.1) is 15.6 Å². The number of hydroxylamine groups is 1. The topological polar surface area (TPSA) is 55.8 Å². The van der Waals surface area contributed by atoms with Crippen LogP contribution < -0.4 is 10.4 Å². The molecular weight excluding hydrogens is 289 g/mol. The highest BCUT2D eigenvalue weighted by Crippen LogP contribution is 2.36. The minimum absolute atomic E-state index is 0.227. The van der Waals surface area contributed by atoms with Crippen LogP contribution in [0.3, 0.4) is 0 Å². The molecule has 2 rings (SSSR count). The molecule has 2 N–H and O–H groups in total. The SMILES string of the molecule is CN1C(=O)N(c2ccc(Cl)c(Cl)c2)C(NO)C1(C)C. The van der Waals surface area contributed by atoms with Crippen molar-refractivity contribution in [3.63, 3.8) is 0 Å². The zero-order valence-corrected chi connectivity index (χ0v) is 12.3. The van der Waals surface area contributed by atoms with Crippen molar-refractivity contribution >= 4 is 34.9 Å². The molecule has 5 nitrogen and oxygen atoms in total. The summed E-state index contributed by atoms with van der Waals surface area (Å²) in [6.07, 6.45) is -0.581. The van der Waals surface area contributed by atoms with Crippen molar-refractivity contribution in [3.05, 3.63) is 28.2 Å². The van der Waals surface area contributed by atoms with Crippen LogP contribution in [-0.4, -0.2) is 34.9 Å². The third kappa shape index (κ3) is 2.17. The van der Waals surface area contributed by atoms with E-state index in [2.05, 4.69) is 5.48 Å². The highest BCUT2D eigenvalue weighted by molar-refractivity contribution is 6.42. The first kappa shape index (κ1) is 14.4. The second-order valence-corrected chi connectivity index (χ2v) is 5.81. The molecule has 0 radical (unpaired) electrons. The van der Waals surface area contributed by atoms with Crippen molar-refractivity contribution in [2.45, 2.75) is 25.6 Å². The fraction of sp³-hybridized carbons (Fsp3) is 0.417. The molecule has 1 heterocycles. The summed E-state index contributed by atoms with van der Waals surface area (Å²) in [6, 6.07) is 4.68. The number of rotatable bonds is 2. The van der Waals surface area contributed by atoms with Crippen molar-refractivity contribution in [1.29, 1.82) is 0 Å². The van der Waals surface area contributed by atoms with Crippen LogP contribution in [0.4, 0.5) is 10.5 Å². The molecule has 0 aliphatic carbocycles. The number of anilines is 1. The molecule has 1 saturated heterocycles. The van der Waals surface area contributed by atoms with Crippen LogP contribution in [0.1, 0.15) is 13.8 Å². The number of likely N-dealkylation sites (N-methyl/N-ethyl adjacent to an activating group) is 1. The molecule has 0 spiro atoms. The van der Waals surface area contributed by atoms with Crippen LogP contribution >= 0.6 is 23.2 Å². The number of benzene rings is 1. The average molecular weight is 304 g/mol. The van der Waals surface area contributed by atoms with Crippen LogP contribution in [0.15, 0.2) is 18.2 Å². The first-order valence-electron chi connectivity index (χ1n) is 5.72. The van der Waals surface area contributed by atoms with Gasteiger partial charge in [-0.1, -0.05) is 23.2 Å². The monoisotopic (exact) mass is 303 g/mol. The van der Waals surface area contributed by atoms with E-state index in [1.165, 1.54) is 4.90 Å². The summed E-state index contributed by atoms with van der Waals surface area (Å²) in [5.41, 5.74) is 2.19. The van der Waals surface area contributed by atoms with E-state index in [9.17, 15) is 10.0 Å². The van der Waals surface area contributed by atoms with Gasteiger partial charge in [-0.2, -0.15) is 5.48 Å². The van der Waals surface area contributed by atoms with E-state index in [0.29, 0.717) is 15.7 Å². The van der Waals surface area contributed by atoms with Crippen molar-refractivity contribution in [2.75, 3.05) is 11.9 Å². The first-order chi connectivity index (χ1) is 8.80. The Kier molecular flexibility index (Phi) is 3.66. The molecule has 7 heteroatoms. The second-order valence-electron chi connectivity index (χ2n) is 5.00. The molecule has 1 atom stereocenters. The Labute approximate surface area is 121 Å². The van der Waals surface area contributed by atoms with E-state index in [1.54, 1.807) is 30.1 Å². The van der Waals surface area contributed by atoms with Crippen molar-refractivity contribution < 1.29 is 10.0 Å². The lowest BCUT2D eigenvalue weighted by molar-refractivity contribution is 0.0769. The summed E-state index contributed by atoms with van der Waals surface area (Å²) in [5, 5.41) is 10.1. The molecule has 2 amide bonds. The maximum absolute atomic E-state index is 12.3. The Hall–Kier alpha value is -1.01. The maximum Gasteiger partial charge on any atom is 0.326 e. The predicted octanol–water partition coefficient (Wildman–Crippen LogP) is 2.95. The zero-order valence-electron chi connectivity index (χ0n) is 10.8. The highest BCUT2D eigenvalue weighted by atomic mass is 35.5. The predicted molar refractivity (Wildman–Crippen MR) is 74.9 cm³/mol. The van der Waals surface area contributed by atoms with E-state index in [4.69, 9.17) is 23.2 Å². The number of carbonyl (C=O) groups is 1. The van der Waals surface area contributed by atoms with Gasteiger partial charge in [0.1, 0.15) is 6.17 Å². The van der Waals surface area contributed by atoms with E-state index < -0.39 is 11.7 Å². The molecular formula is C12H15Cl2N3O2. The molecule has 19 heavy (non-hydrogen) atoms. The summed E-state index contributed by atoms with van der Waals surface area (Å²) in [7, 11) is 1.68. The summed E-state index contributed by atoms with van der Waals surface area (Å²) >= 11 is 11.8. The Bertz CT molecular complexity index is 522. The molecule has 1 aliphatic rings. The standard InChI is InChI=1S/C12H15Cl2N3O2/c1-12(2)10(15-19)17(11(18)16(12)3)7-4-5-8(13)9(14)6-7/h4-6,10,15,19H,1-3H3. The van der Waals surface area contributed by atoms with Gasteiger partial charge in [-0.15, -0.1) is 0 Å². The van der Waals surface area contributed by atoms with Gasteiger partial charge in [0.25, 0.3) is 0 Å². The average Bonchev–Trinajstić information content (AvgIpc) is 2.53. The Morgan fingerprint density at radius 2 is 1.95 bits per heavy atom. The van der Waals surface area contributed by atoms with Gasteiger partial charge in [0, 0.05) is 12.7 Å². The molecule has 0 aromatic heterocycles. The van der Waals surface area contributed by atoms with Crippen LogP contribution in [0, 0.1) is 0 Å². The number of hydrogen-bond acceptors (Lipinski definition) is 3. The first-order valence-corrected chi connectivity index (χ1v) is 6.48. The summed E-state index contributed by atoms with van der Waals surface area (Å²) in [5.74, 6) is 0. The molecule has 0 bridgehead atoms. The third-order valence-corrected chi connectivity index (χ3v) is 4.33. The molecule has 1 fully saturated rings. The summed E-state index contributed by atoms with van der Waals surface area (Å²) in [6.45, 7) is 3.71. The number of amides is 2. The van der Waals surface area contributed by atoms with Crippen LogP contribution in [0.5, 0.6) is 0 Å².